The van der Waals surface area contributed by atoms with Gasteiger partial charge in [-0.3, -0.25) is 9.88 Å². The standard InChI is InChI=1S/C20H23N7O/c1-14-15(2)26(7-6-25-8-10-28-11-9-25)19-17(14)20-23-18(24-27(20)13-22-19)16-4-3-5-21-12-16/h3-5,12-13H,6-11H2,1-2H3. The molecule has 1 saturated heterocycles. The van der Waals surface area contributed by atoms with Gasteiger partial charge in [-0.1, -0.05) is 0 Å². The summed E-state index contributed by atoms with van der Waals surface area (Å²) in [5.41, 5.74) is 5.16. The van der Waals surface area contributed by atoms with Gasteiger partial charge in [-0.05, 0) is 31.5 Å². The molecule has 0 spiro atoms. The normalized spacial score (nSPS) is 15.6. The average Bonchev–Trinajstić information content (AvgIpc) is 3.28. The third-order valence-corrected chi connectivity index (χ3v) is 5.61. The van der Waals surface area contributed by atoms with E-state index < -0.39 is 0 Å². The van der Waals surface area contributed by atoms with Gasteiger partial charge in [0.2, 0.25) is 0 Å². The van der Waals surface area contributed by atoms with Crippen LogP contribution in [-0.4, -0.2) is 66.9 Å². The Morgan fingerprint density at radius 2 is 1.96 bits per heavy atom. The number of morpholine rings is 1. The van der Waals surface area contributed by atoms with Crippen LogP contribution in [0.15, 0.2) is 30.9 Å². The Bertz CT molecular complexity index is 1130. The van der Waals surface area contributed by atoms with E-state index in [1.54, 1.807) is 23.2 Å². The highest BCUT2D eigenvalue weighted by molar-refractivity contribution is 5.94. The number of hydrogen-bond acceptors (Lipinski definition) is 6. The van der Waals surface area contributed by atoms with Crippen molar-refractivity contribution in [3.8, 4) is 11.4 Å². The minimum absolute atomic E-state index is 0.667. The second kappa shape index (κ2) is 6.96. The van der Waals surface area contributed by atoms with Gasteiger partial charge in [-0.2, -0.15) is 0 Å². The minimum Gasteiger partial charge on any atom is -0.379 e. The molecule has 0 radical (unpaired) electrons. The van der Waals surface area contributed by atoms with E-state index in [2.05, 4.69) is 33.4 Å². The van der Waals surface area contributed by atoms with Crippen molar-refractivity contribution in [2.75, 3.05) is 32.8 Å². The molecular weight excluding hydrogens is 354 g/mol. The molecule has 0 saturated carbocycles. The number of fused-ring (bicyclic) bond motifs is 3. The first kappa shape index (κ1) is 17.3. The van der Waals surface area contributed by atoms with Gasteiger partial charge in [0.25, 0.3) is 0 Å². The Morgan fingerprint density at radius 3 is 2.75 bits per heavy atom. The smallest absolute Gasteiger partial charge is 0.183 e. The van der Waals surface area contributed by atoms with Crippen LogP contribution >= 0.6 is 0 Å². The van der Waals surface area contributed by atoms with Crippen LogP contribution in [0.25, 0.3) is 28.1 Å². The topological polar surface area (TPSA) is 73.4 Å². The third kappa shape index (κ3) is 2.85. The molecule has 0 N–H and O–H groups in total. The Balaban J connectivity index is 1.56. The Morgan fingerprint density at radius 1 is 1.11 bits per heavy atom. The number of pyridine rings is 1. The van der Waals surface area contributed by atoms with Gasteiger partial charge in [0.15, 0.2) is 11.5 Å². The van der Waals surface area contributed by atoms with Crippen LogP contribution in [0.3, 0.4) is 0 Å². The first-order valence-electron chi connectivity index (χ1n) is 9.63. The van der Waals surface area contributed by atoms with E-state index in [4.69, 9.17) is 14.7 Å². The van der Waals surface area contributed by atoms with Crippen molar-refractivity contribution >= 4 is 16.7 Å². The molecule has 0 atom stereocenters. The van der Waals surface area contributed by atoms with Crippen LogP contribution in [0.5, 0.6) is 0 Å². The Labute approximate surface area is 162 Å². The maximum atomic E-state index is 5.45. The second-order valence-electron chi connectivity index (χ2n) is 7.20. The van der Waals surface area contributed by atoms with Crippen molar-refractivity contribution in [1.29, 1.82) is 0 Å². The van der Waals surface area contributed by atoms with Crippen LogP contribution in [0.2, 0.25) is 0 Å². The van der Waals surface area contributed by atoms with E-state index in [9.17, 15) is 0 Å². The number of aryl methyl sites for hydroxylation is 1. The molecule has 28 heavy (non-hydrogen) atoms. The fourth-order valence-corrected chi connectivity index (χ4v) is 3.89. The van der Waals surface area contributed by atoms with Crippen molar-refractivity contribution < 1.29 is 4.74 Å². The quantitative estimate of drug-likeness (QED) is 0.542. The van der Waals surface area contributed by atoms with E-state index in [0.29, 0.717) is 5.82 Å². The number of rotatable bonds is 4. The largest absolute Gasteiger partial charge is 0.379 e. The summed E-state index contributed by atoms with van der Waals surface area (Å²) in [5.74, 6) is 0.667. The number of aromatic nitrogens is 6. The summed E-state index contributed by atoms with van der Waals surface area (Å²) in [4.78, 5) is 16.2. The van der Waals surface area contributed by atoms with E-state index in [1.165, 1.54) is 11.3 Å². The molecule has 0 unspecified atom stereocenters. The zero-order chi connectivity index (χ0) is 19.1. The van der Waals surface area contributed by atoms with Crippen LogP contribution in [0, 0.1) is 13.8 Å². The zero-order valence-electron chi connectivity index (χ0n) is 16.2. The SMILES string of the molecule is Cc1c(C)n(CCN2CCOCC2)c2ncn3nc(-c4cccnc4)nc3c12. The molecule has 1 fully saturated rings. The van der Waals surface area contributed by atoms with Crippen LogP contribution < -0.4 is 0 Å². The van der Waals surface area contributed by atoms with Gasteiger partial charge in [-0.25, -0.2) is 14.5 Å². The lowest BCUT2D eigenvalue weighted by Gasteiger charge is -2.26. The highest BCUT2D eigenvalue weighted by Gasteiger charge is 2.19. The van der Waals surface area contributed by atoms with Crippen molar-refractivity contribution in [3.63, 3.8) is 0 Å². The number of nitrogens with zero attached hydrogens (tertiary/aromatic N) is 7. The van der Waals surface area contributed by atoms with E-state index in [0.717, 1.165) is 61.6 Å². The lowest BCUT2D eigenvalue weighted by atomic mass is 10.2. The predicted octanol–water partition coefficient (Wildman–Crippen LogP) is 2.09. The van der Waals surface area contributed by atoms with Crippen molar-refractivity contribution in [2.24, 2.45) is 0 Å². The third-order valence-electron chi connectivity index (χ3n) is 5.61. The van der Waals surface area contributed by atoms with E-state index in [1.807, 2.05) is 12.1 Å². The molecule has 8 heteroatoms. The predicted molar refractivity (Wildman–Crippen MR) is 106 cm³/mol. The summed E-state index contributed by atoms with van der Waals surface area (Å²) >= 11 is 0. The maximum absolute atomic E-state index is 5.45. The van der Waals surface area contributed by atoms with Gasteiger partial charge in [0, 0.05) is 49.8 Å². The summed E-state index contributed by atoms with van der Waals surface area (Å²) in [7, 11) is 0. The lowest BCUT2D eigenvalue weighted by molar-refractivity contribution is 0.0364. The molecular formula is C20H23N7O. The summed E-state index contributed by atoms with van der Waals surface area (Å²) in [5, 5.41) is 5.68. The first-order valence-corrected chi connectivity index (χ1v) is 9.63. The molecule has 4 aromatic heterocycles. The fourth-order valence-electron chi connectivity index (χ4n) is 3.89. The molecule has 0 bridgehead atoms. The van der Waals surface area contributed by atoms with E-state index >= 15 is 0 Å². The molecule has 144 valence electrons. The van der Waals surface area contributed by atoms with Crippen LogP contribution in [0.4, 0.5) is 0 Å². The van der Waals surface area contributed by atoms with E-state index in [-0.39, 0.29) is 0 Å². The zero-order valence-corrected chi connectivity index (χ0v) is 16.2. The highest BCUT2D eigenvalue weighted by Crippen LogP contribution is 2.28. The van der Waals surface area contributed by atoms with Crippen LogP contribution in [0.1, 0.15) is 11.3 Å². The van der Waals surface area contributed by atoms with Gasteiger partial charge in [0.1, 0.15) is 12.0 Å². The first-order chi connectivity index (χ1) is 13.7. The van der Waals surface area contributed by atoms with Crippen molar-refractivity contribution in [3.05, 3.63) is 42.1 Å². The monoisotopic (exact) mass is 377 g/mol. The average molecular weight is 377 g/mol. The molecule has 8 nitrogen and oxygen atoms in total. The molecule has 5 heterocycles. The van der Waals surface area contributed by atoms with Gasteiger partial charge in [0.05, 0.1) is 18.6 Å². The summed E-state index contributed by atoms with van der Waals surface area (Å²) < 4.78 is 9.52. The molecule has 0 aliphatic carbocycles. The highest BCUT2D eigenvalue weighted by atomic mass is 16.5. The Hall–Kier alpha value is -2.84. The minimum atomic E-state index is 0.667. The molecule has 0 aromatic carbocycles. The Kier molecular flexibility index (Phi) is 4.29. The summed E-state index contributed by atoms with van der Waals surface area (Å²) in [6.07, 6.45) is 5.29. The molecule has 1 aliphatic heterocycles. The molecule has 4 aromatic rings. The van der Waals surface area contributed by atoms with Gasteiger partial charge in [-0.15, -0.1) is 5.10 Å². The van der Waals surface area contributed by atoms with Crippen LogP contribution in [-0.2, 0) is 11.3 Å². The fraction of sp³-hybridized carbons (Fsp3) is 0.400. The molecule has 5 rings (SSSR count). The van der Waals surface area contributed by atoms with Gasteiger partial charge < -0.3 is 9.30 Å². The number of ether oxygens (including phenoxy) is 1. The number of hydrogen-bond donors (Lipinski definition) is 0. The van der Waals surface area contributed by atoms with Gasteiger partial charge >= 0.3 is 0 Å². The lowest BCUT2D eigenvalue weighted by Crippen LogP contribution is -2.38. The molecule has 1 aliphatic rings. The second-order valence-corrected chi connectivity index (χ2v) is 7.20. The summed E-state index contributed by atoms with van der Waals surface area (Å²) in [6.45, 7) is 9.83. The molecule has 0 amide bonds. The summed E-state index contributed by atoms with van der Waals surface area (Å²) in [6, 6.07) is 3.87. The van der Waals surface area contributed by atoms with Crippen molar-refractivity contribution in [1.82, 2.24) is 34.0 Å². The van der Waals surface area contributed by atoms with Crippen molar-refractivity contribution in [2.45, 2.75) is 20.4 Å². The maximum Gasteiger partial charge on any atom is 0.183 e.